The molecule has 0 unspecified atom stereocenters. The maximum atomic E-state index is 13.2. The molecule has 2 rings (SSSR count). The topological polar surface area (TPSA) is 34.4 Å². The van der Waals surface area contributed by atoms with Gasteiger partial charge in [-0.25, -0.2) is 9.37 Å². The number of rotatable bonds is 1. The maximum Gasteiger partial charge on any atom is 0.170 e. The van der Waals surface area contributed by atoms with Gasteiger partial charge in [0, 0.05) is 6.20 Å². The first-order valence-electron chi connectivity index (χ1n) is 3.82. The summed E-state index contributed by atoms with van der Waals surface area (Å²) in [4.78, 5) is 14.5. The monoisotopic (exact) mass is 178 g/mol. The van der Waals surface area contributed by atoms with Crippen LogP contribution in [0.4, 0.5) is 4.39 Å². The summed E-state index contributed by atoms with van der Waals surface area (Å²) in [5.74, 6) is 0.182. The maximum absolute atomic E-state index is 13.2. The minimum Gasteiger partial charge on any atom is -0.301 e. The van der Waals surface area contributed by atoms with Gasteiger partial charge in [-0.1, -0.05) is 0 Å². The average Bonchev–Trinajstić information content (AvgIpc) is 2.45. The van der Waals surface area contributed by atoms with Crippen molar-refractivity contribution >= 4 is 11.8 Å². The molecule has 0 aliphatic rings. The van der Waals surface area contributed by atoms with Crippen molar-refractivity contribution in [1.82, 2.24) is 9.38 Å². The Hall–Kier alpha value is -1.71. The fourth-order valence-corrected chi connectivity index (χ4v) is 1.36. The highest BCUT2D eigenvalue weighted by Gasteiger charge is 2.10. The molecule has 13 heavy (non-hydrogen) atoms. The number of hydrogen-bond acceptors (Lipinski definition) is 2. The van der Waals surface area contributed by atoms with E-state index in [0.29, 0.717) is 12.1 Å². The Morgan fingerprint density at radius 1 is 1.62 bits per heavy atom. The quantitative estimate of drug-likeness (QED) is 0.621. The Labute approximate surface area is 73.8 Å². The molecule has 0 saturated heterocycles. The lowest BCUT2D eigenvalue weighted by Crippen LogP contribution is -1.89. The highest BCUT2D eigenvalue weighted by Crippen LogP contribution is 2.14. The molecule has 3 nitrogen and oxygen atoms in total. The van der Waals surface area contributed by atoms with Crippen molar-refractivity contribution in [3.05, 3.63) is 35.7 Å². The van der Waals surface area contributed by atoms with Gasteiger partial charge in [-0.15, -0.1) is 0 Å². The number of halogens is 1. The van der Waals surface area contributed by atoms with Crippen molar-refractivity contribution < 1.29 is 9.18 Å². The molecule has 0 saturated carbocycles. The molecule has 0 atom stereocenters. The number of imidazole rings is 1. The van der Waals surface area contributed by atoms with Crippen LogP contribution in [0, 0.1) is 12.7 Å². The number of aldehydes is 1. The van der Waals surface area contributed by atoms with E-state index in [1.807, 2.05) is 0 Å². The largest absolute Gasteiger partial charge is 0.301 e. The zero-order valence-electron chi connectivity index (χ0n) is 6.99. The molecule has 2 aromatic rings. The van der Waals surface area contributed by atoms with Gasteiger partial charge < -0.3 is 4.40 Å². The van der Waals surface area contributed by atoms with E-state index in [2.05, 4.69) is 4.98 Å². The van der Waals surface area contributed by atoms with Gasteiger partial charge in [0.05, 0.1) is 0 Å². The van der Waals surface area contributed by atoms with Crippen LogP contribution in [-0.4, -0.2) is 15.7 Å². The van der Waals surface area contributed by atoms with E-state index in [0.717, 1.165) is 0 Å². The smallest absolute Gasteiger partial charge is 0.170 e. The second-order valence-electron chi connectivity index (χ2n) is 2.74. The molecular formula is C9H7FN2O. The molecule has 0 aliphatic carbocycles. The molecule has 0 fully saturated rings. The number of carbonyl (C=O) groups is 1. The van der Waals surface area contributed by atoms with Crippen molar-refractivity contribution in [2.75, 3.05) is 0 Å². The van der Waals surface area contributed by atoms with Gasteiger partial charge >= 0.3 is 0 Å². The molecule has 0 N–H and O–H groups in total. The first-order chi connectivity index (χ1) is 6.24. The number of nitrogens with zero attached hydrogens (tertiary/aromatic N) is 2. The Kier molecular flexibility index (Phi) is 1.62. The average molecular weight is 178 g/mol. The number of pyridine rings is 1. The summed E-state index contributed by atoms with van der Waals surface area (Å²) in [6.07, 6.45) is 2.24. The summed E-state index contributed by atoms with van der Waals surface area (Å²) in [7, 11) is 0. The molecule has 0 spiro atoms. The van der Waals surface area contributed by atoms with Crippen LogP contribution in [0.5, 0.6) is 0 Å². The van der Waals surface area contributed by atoms with E-state index in [1.54, 1.807) is 23.6 Å². The van der Waals surface area contributed by atoms with Crippen LogP contribution in [-0.2, 0) is 0 Å². The molecule has 0 aliphatic heterocycles. The van der Waals surface area contributed by atoms with E-state index < -0.39 is 5.82 Å². The van der Waals surface area contributed by atoms with Gasteiger partial charge in [-0.2, -0.15) is 0 Å². The third kappa shape index (κ3) is 1.02. The molecule has 4 heteroatoms. The predicted octanol–water partition coefficient (Wildman–Crippen LogP) is 1.59. The van der Waals surface area contributed by atoms with E-state index >= 15 is 0 Å². The van der Waals surface area contributed by atoms with Gasteiger partial charge in [0.2, 0.25) is 0 Å². The van der Waals surface area contributed by atoms with Gasteiger partial charge in [0.25, 0.3) is 0 Å². The van der Waals surface area contributed by atoms with Crippen molar-refractivity contribution in [2.24, 2.45) is 0 Å². The number of hydrogen-bond donors (Lipinski definition) is 0. The number of carbonyl (C=O) groups excluding carboxylic acids is 1. The first kappa shape index (κ1) is 7.91. The van der Waals surface area contributed by atoms with Crippen LogP contribution < -0.4 is 0 Å². The van der Waals surface area contributed by atoms with Gasteiger partial charge in [0.1, 0.15) is 22.9 Å². The third-order valence-corrected chi connectivity index (χ3v) is 1.93. The van der Waals surface area contributed by atoms with E-state index in [9.17, 15) is 9.18 Å². The lowest BCUT2D eigenvalue weighted by molar-refractivity contribution is 0.112. The molecule has 2 aromatic heterocycles. The Bertz CT molecular complexity index is 476. The van der Waals surface area contributed by atoms with Crippen LogP contribution in [0.15, 0.2) is 18.3 Å². The SMILES string of the molecule is Cc1nc(C=O)c2c(F)cccn12. The van der Waals surface area contributed by atoms with E-state index in [4.69, 9.17) is 0 Å². The second kappa shape index (κ2) is 2.65. The highest BCUT2D eigenvalue weighted by atomic mass is 19.1. The number of aryl methyl sites for hydroxylation is 1. The highest BCUT2D eigenvalue weighted by molar-refractivity contribution is 5.84. The van der Waals surface area contributed by atoms with Gasteiger partial charge in [0.15, 0.2) is 6.29 Å². The van der Waals surface area contributed by atoms with Crippen LogP contribution in [0.3, 0.4) is 0 Å². The molecule has 66 valence electrons. The van der Waals surface area contributed by atoms with Crippen molar-refractivity contribution in [3.8, 4) is 0 Å². The first-order valence-corrected chi connectivity index (χ1v) is 3.82. The summed E-state index contributed by atoms with van der Waals surface area (Å²) >= 11 is 0. The molecule has 2 heterocycles. The van der Waals surface area contributed by atoms with Crippen molar-refractivity contribution in [1.29, 1.82) is 0 Å². The summed E-state index contributed by atoms with van der Waals surface area (Å²) < 4.78 is 14.8. The van der Waals surface area contributed by atoms with E-state index in [-0.39, 0.29) is 11.2 Å². The zero-order valence-corrected chi connectivity index (χ0v) is 6.99. The fourth-order valence-electron chi connectivity index (χ4n) is 1.36. The van der Waals surface area contributed by atoms with Crippen LogP contribution >= 0.6 is 0 Å². The predicted molar refractivity (Wildman–Crippen MR) is 45.3 cm³/mol. The molecule has 0 aromatic carbocycles. The molecular weight excluding hydrogens is 171 g/mol. The van der Waals surface area contributed by atoms with Crippen LogP contribution in [0.25, 0.3) is 5.52 Å². The zero-order chi connectivity index (χ0) is 9.42. The minimum absolute atomic E-state index is 0.149. The number of fused-ring (bicyclic) bond motifs is 1. The molecule has 0 bridgehead atoms. The normalized spacial score (nSPS) is 10.6. The van der Waals surface area contributed by atoms with Crippen LogP contribution in [0.1, 0.15) is 16.3 Å². The van der Waals surface area contributed by atoms with Crippen molar-refractivity contribution in [2.45, 2.75) is 6.92 Å². The second-order valence-corrected chi connectivity index (χ2v) is 2.74. The third-order valence-electron chi connectivity index (χ3n) is 1.93. The lowest BCUT2D eigenvalue weighted by Gasteiger charge is -1.95. The summed E-state index contributed by atoms with van der Waals surface area (Å²) in [6, 6.07) is 2.88. The Morgan fingerprint density at radius 2 is 2.38 bits per heavy atom. The summed E-state index contributed by atoms with van der Waals surface area (Å²) in [6.45, 7) is 1.72. The van der Waals surface area contributed by atoms with E-state index in [1.165, 1.54) is 6.07 Å². The number of aromatic nitrogens is 2. The standard InChI is InChI=1S/C9H7FN2O/c1-6-11-8(5-13)9-7(10)3-2-4-12(6)9/h2-5H,1H3. The van der Waals surface area contributed by atoms with Crippen LogP contribution in [0.2, 0.25) is 0 Å². The van der Waals surface area contributed by atoms with Crippen molar-refractivity contribution in [3.63, 3.8) is 0 Å². The molecule has 0 amide bonds. The fraction of sp³-hybridized carbons (Fsp3) is 0.111. The van der Waals surface area contributed by atoms with Gasteiger partial charge in [-0.05, 0) is 19.1 Å². The lowest BCUT2D eigenvalue weighted by atomic mass is 10.3. The summed E-state index contributed by atoms with van der Waals surface area (Å²) in [5, 5.41) is 0. The molecule has 0 radical (unpaired) electrons. The Morgan fingerprint density at radius 3 is 3.08 bits per heavy atom. The van der Waals surface area contributed by atoms with Gasteiger partial charge in [-0.3, -0.25) is 4.79 Å². The summed E-state index contributed by atoms with van der Waals surface area (Å²) in [5.41, 5.74) is 0.394. The Balaban J connectivity index is 2.96. The minimum atomic E-state index is -0.426.